The first kappa shape index (κ1) is 9.78. The highest BCUT2D eigenvalue weighted by Gasteiger charge is 2.41. The maximum atomic E-state index is 13.4. The van der Waals surface area contributed by atoms with Crippen molar-refractivity contribution in [2.24, 2.45) is 23.5 Å². The fourth-order valence-electron chi connectivity index (χ4n) is 4.33. The summed E-state index contributed by atoms with van der Waals surface area (Å²) >= 11 is 0. The number of rotatable bonds is 7. The quantitative estimate of drug-likeness (QED) is 0.662. The van der Waals surface area contributed by atoms with Crippen LogP contribution in [-0.4, -0.2) is 50.2 Å². The number of hydrogen-bond acceptors (Lipinski definition) is 6. The Hall–Kier alpha value is -1.79. The summed E-state index contributed by atoms with van der Waals surface area (Å²) in [6.07, 6.45) is -0.689. The minimum Gasteiger partial charge on any atom is -0.493 e. The highest BCUT2D eigenvalue weighted by atomic mass is 16.5. The molecule has 30 heavy (non-hydrogen) atoms. The highest BCUT2D eigenvalue weighted by Crippen LogP contribution is 2.44. The van der Waals surface area contributed by atoms with Crippen molar-refractivity contribution in [3.8, 4) is 11.5 Å². The molecule has 1 aromatic rings. The van der Waals surface area contributed by atoms with Crippen molar-refractivity contribution >= 4 is 5.97 Å². The molecular weight excluding hydrogens is 380 g/mol. The van der Waals surface area contributed by atoms with Crippen molar-refractivity contribution in [2.45, 2.75) is 65.0 Å². The van der Waals surface area contributed by atoms with Crippen molar-refractivity contribution in [3.05, 3.63) is 23.2 Å². The molecule has 0 bridgehead atoms. The van der Waals surface area contributed by atoms with E-state index >= 15 is 0 Å². The number of ether oxygens (including phenoxy) is 3. The van der Waals surface area contributed by atoms with E-state index in [2.05, 4.69) is 0 Å². The number of nitrogens with two attached hydrogens (primary N) is 1. The lowest BCUT2D eigenvalue weighted by Crippen LogP contribution is -2.51. The van der Waals surface area contributed by atoms with Gasteiger partial charge in [0, 0.05) is 41.1 Å². The largest absolute Gasteiger partial charge is 0.493 e. The third-order valence-corrected chi connectivity index (χ3v) is 5.64. The van der Waals surface area contributed by atoms with Crippen LogP contribution in [0.1, 0.15) is 79.5 Å². The average molecular weight is 435 g/mol. The molecule has 2 N–H and O–H groups in total. The molecule has 6 heteroatoms. The minimum atomic E-state index is -3.77. The Morgan fingerprint density at radius 3 is 2.73 bits per heavy atom. The molecule has 0 amide bonds. The van der Waals surface area contributed by atoms with E-state index in [0.717, 1.165) is 0 Å². The molecule has 2 heterocycles. The van der Waals surface area contributed by atoms with Crippen LogP contribution in [0.25, 0.3) is 0 Å². The number of piperidine rings is 1. The molecule has 0 aromatic heterocycles. The summed E-state index contributed by atoms with van der Waals surface area (Å²) in [7, 11) is -6.27. The number of carbonyl (C=O) groups excluding carboxylic acids is 1. The van der Waals surface area contributed by atoms with E-state index in [1.54, 1.807) is 0 Å². The van der Waals surface area contributed by atoms with Gasteiger partial charge >= 0.3 is 5.97 Å². The smallest absolute Gasteiger partial charge is 0.323 e. The molecule has 1 fully saturated rings. The van der Waals surface area contributed by atoms with E-state index in [1.807, 2.05) is 18.7 Å². The maximum absolute atomic E-state index is 13.4. The van der Waals surface area contributed by atoms with Gasteiger partial charge in [-0.3, -0.25) is 9.69 Å². The molecular formula is C24H38N2O4. The molecule has 6 nitrogen and oxygen atoms in total. The molecule has 4 atom stereocenters. The molecule has 0 spiro atoms. The van der Waals surface area contributed by atoms with Gasteiger partial charge in [0.15, 0.2) is 11.5 Å². The molecule has 168 valence electrons. The van der Waals surface area contributed by atoms with E-state index < -0.39 is 87.3 Å². The predicted molar refractivity (Wildman–Crippen MR) is 118 cm³/mol. The molecule has 2 aliphatic heterocycles. The number of fused-ring (bicyclic) bond motifs is 3. The van der Waals surface area contributed by atoms with Crippen LogP contribution in [0, 0.1) is 17.7 Å². The van der Waals surface area contributed by atoms with Crippen LogP contribution >= 0.6 is 0 Å². The zero-order valence-corrected chi connectivity index (χ0v) is 17.0. The Morgan fingerprint density at radius 1 is 1.33 bits per heavy atom. The summed E-state index contributed by atoms with van der Waals surface area (Å²) in [6, 6.07) is -5.48. The molecule has 1 saturated heterocycles. The Kier molecular flexibility index (Phi) is 3.12. The summed E-state index contributed by atoms with van der Waals surface area (Å²) in [5.41, 5.74) is 6.04. The van der Waals surface area contributed by atoms with Gasteiger partial charge < -0.3 is 19.9 Å². The van der Waals surface area contributed by atoms with Gasteiger partial charge in [-0.15, -0.1) is 0 Å². The van der Waals surface area contributed by atoms with Gasteiger partial charge in [0.05, 0.1) is 26.4 Å². The number of nitrogens with zero attached hydrogens (tertiary/aromatic N) is 1. The lowest BCUT2D eigenvalue weighted by Gasteiger charge is -2.47. The van der Waals surface area contributed by atoms with Crippen LogP contribution in [0.3, 0.4) is 0 Å². The van der Waals surface area contributed by atoms with Crippen molar-refractivity contribution in [3.63, 3.8) is 0 Å². The third-order valence-electron chi connectivity index (χ3n) is 5.64. The van der Waals surface area contributed by atoms with E-state index in [9.17, 15) is 4.79 Å². The molecule has 2 aliphatic rings. The summed E-state index contributed by atoms with van der Waals surface area (Å²) < 4.78 is 141. The first-order chi connectivity index (χ1) is 20.5. The summed E-state index contributed by atoms with van der Waals surface area (Å²) in [5, 5.41) is 0. The fourth-order valence-corrected chi connectivity index (χ4v) is 4.33. The average Bonchev–Trinajstić information content (AvgIpc) is 2.85. The lowest BCUT2D eigenvalue weighted by molar-refractivity contribution is -0.160. The molecule has 1 aromatic carbocycles. The van der Waals surface area contributed by atoms with Crippen molar-refractivity contribution in [2.75, 3.05) is 27.2 Å². The zero-order valence-electron chi connectivity index (χ0n) is 33.0. The molecule has 0 aliphatic carbocycles. The van der Waals surface area contributed by atoms with E-state index in [4.69, 9.17) is 41.9 Å². The third kappa shape index (κ3) is 4.75. The maximum Gasteiger partial charge on any atom is 0.323 e. The van der Waals surface area contributed by atoms with Gasteiger partial charge in [-0.2, -0.15) is 0 Å². The fraction of sp³-hybridized carbons (Fsp3) is 0.708. The molecule has 0 saturated carbocycles. The van der Waals surface area contributed by atoms with Crippen molar-refractivity contribution in [1.82, 2.24) is 4.90 Å². The summed E-state index contributed by atoms with van der Waals surface area (Å²) in [6.45, 7) is -3.09. The minimum absolute atomic E-state index is 0.0453. The summed E-state index contributed by atoms with van der Waals surface area (Å²) in [5.74, 6) is -7.47. The van der Waals surface area contributed by atoms with Crippen LogP contribution in [-0.2, 0) is 16.0 Å². The van der Waals surface area contributed by atoms with Gasteiger partial charge in [0.25, 0.3) is 0 Å². The van der Waals surface area contributed by atoms with E-state index in [-0.39, 0.29) is 36.4 Å². The topological polar surface area (TPSA) is 74.0 Å². The normalized spacial score (nSPS) is 35.8. The number of hydrogen-bond donors (Lipinski definition) is 1. The Balaban J connectivity index is 2.14. The second-order valence-electron chi connectivity index (χ2n) is 8.12. The van der Waals surface area contributed by atoms with Crippen LogP contribution in [0.5, 0.6) is 11.5 Å². The monoisotopic (exact) mass is 434 g/mol. The highest BCUT2D eigenvalue weighted by molar-refractivity contribution is 5.76. The number of carbonyl (C=O) groups is 1. The van der Waals surface area contributed by atoms with Gasteiger partial charge in [0.2, 0.25) is 0 Å². The second kappa shape index (κ2) is 9.56. The van der Waals surface area contributed by atoms with Crippen molar-refractivity contribution < 1.29 is 40.9 Å². The SMILES string of the molecule is [2H]c1c2c(c([2H])c(OC([2H])([2H])[2H])c1OC([2H])([2H])[2H])C1CC(OC(=O)[C@@]([2H])(N)C([2H])(C([2H])([2H])[2H])C([2H])([2H])[2H])C(CC(C)C)CN1CC2. The standard InChI is InChI=1S/C24H38N2O4/c1-14(2)9-17-13-26-8-7-16-10-21(28-5)22(29-6)11-18(16)19(26)12-20(17)30-24(27)23(25)15(3)4/h10-11,14-15,17,19-20,23H,7-9,12-13,25H2,1-6H3/t17?,19?,20?,23-/m0/s1/i3D3,4D3,5D3,6D3,10D,11D,15D,23D. The molecule has 3 unspecified atom stereocenters. The van der Waals surface area contributed by atoms with Crippen LogP contribution in [0.4, 0.5) is 0 Å². The lowest BCUT2D eigenvalue weighted by atomic mass is 9.79. The van der Waals surface area contributed by atoms with Gasteiger partial charge in [-0.05, 0) is 47.9 Å². The van der Waals surface area contributed by atoms with Gasteiger partial charge in [0.1, 0.15) is 12.1 Å². The Morgan fingerprint density at radius 2 is 2.07 bits per heavy atom. The van der Waals surface area contributed by atoms with Crippen LogP contribution < -0.4 is 15.2 Å². The first-order valence-electron chi connectivity index (χ1n) is 17.8. The Bertz CT molecular complexity index is 1290. The Labute approximate surface area is 203 Å². The predicted octanol–water partition coefficient (Wildman–Crippen LogP) is 3.56. The van der Waals surface area contributed by atoms with Gasteiger partial charge in [-0.25, -0.2) is 0 Å². The summed E-state index contributed by atoms with van der Waals surface area (Å²) in [4.78, 5) is 15.3. The van der Waals surface area contributed by atoms with E-state index in [0.29, 0.717) is 13.0 Å². The number of esters is 1. The van der Waals surface area contributed by atoms with Crippen molar-refractivity contribution in [1.29, 1.82) is 0 Å². The molecule has 3 rings (SSSR count). The van der Waals surface area contributed by atoms with Gasteiger partial charge in [-0.1, -0.05) is 27.6 Å². The molecule has 0 radical (unpaired) electrons. The zero-order chi connectivity index (χ0) is 35.6. The van der Waals surface area contributed by atoms with Crippen LogP contribution in [0.2, 0.25) is 0 Å². The number of methoxy groups -OCH3 is 2. The second-order valence-corrected chi connectivity index (χ2v) is 8.12. The first-order valence-corrected chi connectivity index (χ1v) is 9.81. The van der Waals surface area contributed by atoms with E-state index in [1.165, 1.54) is 0 Å². The number of benzene rings is 1. The van der Waals surface area contributed by atoms with Crippen LogP contribution in [0.15, 0.2) is 12.1 Å².